The van der Waals surface area contributed by atoms with E-state index in [0.717, 1.165) is 35.7 Å². The number of thiophene rings is 1. The number of fused-ring (bicyclic) bond motifs is 1. The summed E-state index contributed by atoms with van der Waals surface area (Å²) in [6.45, 7) is 2.13. The lowest BCUT2D eigenvalue weighted by Gasteiger charge is -2.11. The van der Waals surface area contributed by atoms with Gasteiger partial charge in [-0.25, -0.2) is 4.98 Å². The number of benzene rings is 1. The third-order valence-electron chi connectivity index (χ3n) is 4.71. The van der Waals surface area contributed by atoms with Gasteiger partial charge in [0.25, 0.3) is 5.91 Å². The molecule has 3 heterocycles. The molecule has 0 bridgehead atoms. The Bertz CT molecular complexity index is 1140. The molecule has 0 atom stereocenters. The van der Waals surface area contributed by atoms with E-state index in [-0.39, 0.29) is 5.91 Å². The molecule has 4 rings (SSSR count). The molecular weight excluding hydrogens is 396 g/mol. The van der Waals surface area contributed by atoms with Crippen LogP contribution in [0.1, 0.15) is 15.2 Å². The van der Waals surface area contributed by atoms with E-state index < -0.39 is 0 Å². The average molecular weight is 421 g/mol. The van der Waals surface area contributed by atoms with Crippen LogP contribution < -0.4 is 10.6 Å². The molecule has 0 aliphatic rings. The lowest BCUT2D eigenvalue weighted by atomic mass is 10.1. The zero-order valence-electron chi connectivity index (χ0n) is 17.0. The fourth-order valence-electron chi connectivity index (χ4n) is 3.14. The first-order valence-electron chi connectivity index (χ1n) is 9.74. The van der Waals surface area contributed by atoms with E-state index in [4.69, 9.17) is 0 Å². The van der Waals surface area contributed by atoms with Crippen molar-refractivity contribution in [3.05, 3.63) is 70.7 Å². The van der Waals surface area contributed by atoms with Crippen LogP contribution >= 0.6 is 11.3 Å². The number of carbonyl (C=O) groups excluding carboxylic acids is 1. The van der Waals surface area contributed by atoms with Crippen molar-refractivity contribution in [2.45, 2.75) is 6.54 Å². The van der Waals surface area contributed by atoms with E-state index >= 15 is 0 Å². The van der Waals surface area contributed by atoms with Crippen LogP contribution in [0.15, 0.2) is 60.2 Å². The van der Waals surface area contributed by atoms with E-state index in [1.54, 1.807) is 28.2 Å². The van der Waals surface area contributed by atoms with Gasteiger partial charge in [-0.05, 0) is 49.3 Å². The van der Waals surface area contributed by atoms with E-state index in [0.29, 0.717) is 12.1 Å². The number of carbonyl (C=O) groups is 1. The number of likely N-dealkylation sites (N-methyl/N-ethyl adjacent to an activating group) is 1. The molecule has 7 nitrogen and oxygen atoms in total. The van der Waals surface area contributed by atoms with Gasteiger partial charge in [0, 0.05) is 35.3 Å². The number of anilines is 1. The number of amides is 1. The quantitative estimate of drug-likeness (QED) is 0.457. The van der Waals surface area contributed by atoms with Gasteiger partial charge in [-0.3, -0.25) is 4.79 Å². The number of rotatable bonds is 8. The van der Waals surface area contributed by atoms with Crippen molar-refractivity contribution in [2.75, 3.05) is 32.5 Å². The van der Waals surface area contributed by atoms with Gasteiger partial charge in [0.05, 0.1) is 12.7 Å². The summed E-state index contributed by atoms with van der Waals surface area (Å²) in [5, 5.41) is 13.0. The molecular formula is C22H24N6OS. The summed E-state index contributed by atoms with van der Waals surface area (Å²) in [6, 6.07) is 13.6. The molecule has 0 saturated carbocycles. The minimum absolute atomic E-state index is 0.0820. The van der Waals surface area contributed by atoms with E-state index in [2.05, 4.69) is 32.2 Å². The molecule has 2 N–H and O–H groups in total. The Balaban J connectivity index is 1.56. The molecule has 0 aliphatic heterocycles. The molecule has 0 aliphatic carbocycles. The second kappa shape index (κ2) is 9.06. The Hall–Kier alpha value is -3.23. The highest BCUT2D eigenvalue weighted by atomic mass is 32.1. The van der Waals surface area contributed by atoms with Crippen LogP contribution in [0.25, 0.3) is 16.8 Å². The van der Waals surface area contributed by atoms with Crippen LogP contribution in [-0.2, 0) is 6.54 Å². The predicted octanol–water partition coefficient (Wildman–Crippen LogP) is 3.36. The van der Waals surface area contributed by atoms with Crippen LogP contribution in [0.4, 0.5) is 5.82 Å². The maximum Gasteiger partial charge on any atom is 0.251 e. The van der Waals surface area contributed by atoms with Crippen molar-refractivity contribution in [1.29, 1.82) is 0 Å². The van der Waals surface area contributed by atoms with Crippen LogP contribution in [0.5, 0.6) is 0 Å². The normalized spacial score (nSPS) is 11.2. The predicted molar refractivity (Wildman–Crippen MR) is 121 cm³/mol. The summed E-state index contributed by atoms with van der Waals surface area (Å²) in [5.41, 5.74) is 3.17. The number of hydrogen-bond acceptors (Lipinski definition) is 6. The second-order valence-electron chi connectivity index (χ2n) is 7.20. The molecule has 30 heavy (non-hydrogen) atoms. The minimum atomic E-state index is -0.0820. The molecule has 1 amide bonds. The molecule has 0 spiro atoms. The zero-order chi connectivity index (χ0) is 20.9. The van der Waals surface area contributed by atoms with Crippen molar-refractivity contribution in [1.82, 2.24) is 24.8 Å². The highest BCUT2D eigenvalue weighted by Gasteiger charge is 2.13. The summed E-state index contributed by atoms with van der Waals surface area (Å²) in [7, 11) is 3.96. The SMILES string of the molecule is CN(C)CCNC(=O)c1cccc(-c2cnn3c(NCc4cccs4)ccnc23)c1. The third-order valence-corrected chi connectivity index (χ3v) is 5.58. The Morgan fingerprint density at radius 3 is 2.90 bits per heavy atom. The van der Waals surface area contributed by atoms with E-state index in [9.17, 15) is 4.79 Å². The number of aromatic nitrogens is 3. The van der Waals surface area contributed by atoms with Crippen molar-refractivity contribution in [3.63, 3.8) is 0 Å². The number of nitrogens with one attached hydrogen (secondary N) is 2. The first-order chi connectivity index (χ1) is 14.6. The van der Waals surface area contributed by atoms with E-state index in [1.165, 1.54) is 4.88 Å². The van der Waals surface area contributed by atoms with Gasteiger partial charge in [0.2, 0.25) is 0 Å². The molecule has 0 radical (unpaired) electrons. The van der Waals surface area contributed by atoms with Gasteiger partial charge >= 0.3 is 0 Å². The topological polar surface area (TPSA) is 74.6 Å². The Morgan fingerprint density at radius 2 is 2.10 bits per heavy atom. The molecule has 0 unspecified atom stereocenters. The van der Waals surface area contributed by atoms with Gasteiger partial charge in [0.1, 0.15) is 5.82 Å². The Labute approximate surface area is 179 Å². The molecule has 0 saturated heterocycles. The molecule has 1 aromatic carbocycles. The van der Waals surface area contributed by atoms with Crippen molar-refractivity contribution < 1.29 is 4.79 Å². The molecule has 154 valence electrons. The van der Waals surface area contributed by atoms with Crippen LogP contribution in [-0.4, -0.2) is 52.6 Å². The van der Waals surface area contributed by atoms with Crippen molar-refractivity contribution in [2.24, 2.45) is 0 Å². The van der Waals surface area contributed by atoms with Crippen LogP contribution in [0.3, 0.4) is 0 Å². The first kappa shape index (κ1) is 20.1. The van der Waals surface area contributed by atoms with Crippen LogP contribution in [0.2, 0.25) is 0 Å². The Morgan fingerprint density at radius 1 is 1.20 bits per heavy atom. The average Bonchev–Trinajstić information content (AvgIpc) is 3.42. The van der Waals surface area contributed by atoms with Gasteiger partial charge in [0.15, 0.2) is 5.65 Å². The number of hydrogen-bond donors (Lipinski definition) is 2. The molecule has 4 aromatic rings. The summed E-state index contributed by atoms with van der Waals surface area (Å²) in [5.74, 6) is 0.790. The first-order valence-corrected chi connectivity index (χ1v) is 10.6. The fourth-order valence-corrected chi connectivity index (χ4v) is 3.79. The monoisotopic (exact) mass is 420 g/mol. The minimum Gasteiger partial charge on any atom is -0.365 e. The second-order valence-corrected chi connectivity index (χ2v) is 8.23. The number of nitrogens with zero attached hydrogens (tertiary/aromatic N) is 4. The van der Waals surface area contributed by atoms with Gasteiger partial charge < -0.3 is 15.5 Å². The zero-order valence-corrected chi connectivity index (χ0v) is 17.8. The summed E-state index contributed by atoms with van der Waals surface area (Å²) in [4.78, 5) is 20.3. The summed E-state index contributed by atoms with van der Waals surface area (Å²) < 4.78 is 1.80. The smallest absolute Gasteiger partial charge is 0.251 e. The Kier molecular flexibility index (Phi) is 6.06. The maximum atomic E-state index is 12.5. The fraction of sp³-hybridized carbons (Fsp3) is 0.227. The maximum absolute atomic E-state index is 12.5. The molecule has 0 fully saturated rings. The van der Waals surface area contributed by atoms with Crippen molar-refractivity contribution in [3.8, 4) is 11.1 Å². The molecule has 3 aromatic heterocycles. The highest BCUT2D eigenvalue weighted by molar-refractivity contribution is 7.09. The lowest BCUT2D eigenvalue weighted by molar-refractivity contribution is 0.0951. The summed E-state index contributed by atoms with van der Waals surface area (Å²) in [6.07, 6.45) is 3.57. The standard InChI is InChI=1S/C22H24N6OS/c1-27(2)11-10-24-22(29)17-6-3-5-16(13-17)19-15-26-28-20(8-9-23-21(19)28)25-14-18-7-4-12-30-18/h3-9,12-13,15,25H,10-11,14H2,1-2H3,(H,24,29). The summed E-state index contributed by atoms with van der Waals surface area (Å²) >= 11 is 1.71. The van der Waals surface area contributed by atoms with Crippen LogP contribution in [0, 0.1) is 0 Å². The van der Waals surface area contributed by atoms with Gasteiger partial charge in [-0.15, -0.1) is 11.3 Å². The van der Waals surface area contributed by atoms with Gasteiger partial charge in [-0.2, -0.15) is 9.61 Å². The third kappa shape index (κ3) is 4.50. The highest BCUT2D eigenvalue weighted by Crippen LogP contribution is 2.26. The van der Waals surface area contributed by atoms with Gasteiger partial charge in [-0.1, -0.05) is 18.2 Å². The lowest BCUT2D eigenvalue weighted by Crippen LogP contribution is -2.31. The van der Waals surface area contributed by atoms with E-state index in [1.807, 2.05) is 55.4 Å². The molecule has 8 heteroatoms. The largest absolute Gasteiger partial charge is 0.365 e. The van der Waals surface area contributed by atoms with Crippen molar-refractivity contribution >= 4 is 28.7 Å².